The highest BCUT2D eigenvalue weighted by Gasteiger charge is 2.32. The summed E-state index contributed by atoms with van der Waals surface area (Å²) in [5.74, 6) is -0.593. The maximum absolute atomic E-state index is 13.6. The molecule has 0 saturated carbocycles. The van der Waals surface area contributed by atoms with E-state index < -0.39 is 31.5 Å². The van der Waals surface area contributed by atoms with Crippen molar-refractivity contribution in [3.8, 4) is 0 Å². The number of nitrogens with one attached hydrogen (secondary N) is 3. The predicted molar refractivity (Wildman–Crippen MR) is 135 cm³/mol. The van der Waals surface area contributed by atoms with Crippen LogP contribution in [-0.4, -0.2) is 76.3 Å². The molecule has 0 bridgehead atoms. The van der Waals surface area contributed by atoms with Crippen LogP contribution < -0.4 is 21.2 Å². The van der Waals surface area contributed by atoms with Gasteiger partial charge in [-0.2, -0.15) is 9.97 Å². The van der Waals surface area contributed by atoms with Crippen molar-refractivity contribution < 1.29 is 28.4 Å². The molecule has 15 heteroatoms. The first-order chi connectivity index (χ1) is 17.1. The van der Waals surface area contributed by atoms with Gasteiger partial charge in [-0.05, 0) is 27.7 Å². The molecule has 0 aliphatic heterocycles. The molecule has 2 atom stereocenters. The first-order valence-electron chi connectivity index (χ1n) is 11.5. The number of esters is 2. The number of fused-ring (bicyclic) bond motifs is 1. The molecule has 0 spiro atoms. The van der Waals surface area contributed by atoms with Crippen molar-refractivity contribution in [2.24, 2.45) is 0 Å². The van der Waals surface area contributed by atoms with Crippen molar-refractivity contribution in [1.82, 2.24) is 29.7 Å². The third-order valence-electron chi connectivity index (χ3n) is 4.73. The van der Waals surface area contributed by atoms with Crippen LogP contribution in [0.25, 0.3) is 11.2 Å². The van der Waals surface area contributed by atoms with Crippen molar-refractivity contribution in [2.75, 3.05) is 43.8 Å². The van der Waals surface area contributed by atoms with Crippen molar-refractivity contribution in [1.29, 1.82) is 0 Å². The molecule has 0 fully saturated rings. The van der Waals surface area contributed by atoms with Crippen LogP contribution in [0.15, 0.2) is 19.0 Å². The van der Waals surface area contributed by atoms with E-state index in [0.717, 1.165) is 0 Å². The molecule has 2 aromatic rings. The van der Waals surface area contributed by atoms with Gasteiger partial charge in [0.1, 0.15) is 18.4 Å². The maximum atomic E-state index is 13.6. The smallest absolute Gasteiger partial charge is 0.323 e. The fraction of sp³-hybridized carbons (Fsp3) is 0.571. The van der Waals surface area contributed by atoms with Gasteiger partial charge < -0.3 is 29.8 Å². The molecule has 5 N–H and O–H groups in total. The van der Waals surface area contributed by atoms with Crippen molar-refractivity contribution >= 4 is 42.3 Å². The normalized spacial score (nSPS) is 14.6. The standard InChI is InChI=1S/C21H35N8O6P/c1-6-9-23-17-16-18(26-21(22)25-17)29(12-24-16)10-11-33-13-36(32,27-14(4)19(30)34-7-2)28-15(5)20(31)35-8-3/h6,12,14-15H,1,7-11,13H2,2-5H3,(H2,27,28,32)(H3,22,23,25,26). The minimum Gasteiger partial charge on any atom is -0.465 e. The number of nitrogen functional groups attached to an aromatic ring is 1. The second-order valence-corrected chi connectivity index (χ2v) is 9.95. The molecule has 36 heavy (non-hydrogen) atoms. The van der Waals surface area contributed by atoms with Gasteiger partial charge in [0, 0.05) is 13.1 Å². The molecule has 0 aliphatic carbocycles. The maximum Gasteiger partial charge on any atom is 0.323 e. The van der Waals surface area contributed by atoms with Crippen molar-refractivity contribution in [2.45, 2.75) is 46.3 Å². The van der Waals surface area contributed by atoms with Crippen LogP contribution in [0.5, 0.6) is 0 Å². The largest absolute Gasteiger partial charge is 0.465 e. The van der Waals surface area contributed by atoms with Crippen LogP contribution in [0.2, 0.25) is 0 Å². The summed E-state index contributed by atoms with van der Waals surface area (Å²) < 4.78 is 30.9. The quantitative estimate of drug-likeness (QED) is 0.106. The summed E-state index contributed by atoms with van der Waals surface area (Å²) in [6.45, 7) is 11.3. The summed E-state index contributed by atoms with van der Waals surface area (Å²) in [4.78, 5) is 36.9. The number of imidazole rings is 1. The lowest BCUT2D eigenvalue weighted by Gasteiger charge is -2.26. The van der Waals surface area contributed by atoms with Gasteiger partial charge in [-0.25, -0.2) is 15.2 Å². The summed E-state index contributed by atoms with van der Waals surface area (Å²) in [6.07, 6.45) is 2.94. The molecule has 200 valence electrons. The Morgan fingerprint density at radius 1 is 1.17 bits per heavy atom. The number of nitrogens with two attached hydrogens (primary N) is 1. The Morgan fingerprint density at radius 2 is 1.78 bits per heavy atom. The Balaban J connectivity index is 2.08. The molecular formula is C21H35N8O6P. The lowest BCUT2D eigenvalue weighted by atomic mass is 10.4. The highest BCUT2D eigenvalue weighted by atomic mass is 31.2. The molecular weight excluding hydrogens is 491 g/mol. The predicted octanol–water partition coefficient (Wildman–Crippen LogP) is 1.26. The number of aromatic nitrogens is 4. The van der Waals surface area contributed by atoms with Gasteiger partial charge >= 0.3 is 11.9 Å². The van der Waals surface area contributed by atoms with E-state index in [1.807, 2.05) is 0 Å². The van der Waals surface area contributed by atoms with Crippen LogP contribution in [0.4, 0.5) is 11.8 Å². The lowest BCUT2D eigenvalue weighted by Crippen LogP contribution is -2.42. The van der Waals surface area contributed by atoms with E-state index in [9.17, 15) is 14.2 Å². The molecule has 0 saturated heterocycles. The molecule has 0 radical (unpaired) electrons. The van der Waals surface area contributed by atoms with E-state index in [2.05, 4.69) is 37.0 Å². The number of nitrogens with zero attached hydrogens (tertiary/aromatic N) is 4. The average molecular weight is 527 g/mol. The first-order valence-corrected chi connectivity index (χ1v) is 13.4. The highest BCUT2D eigenvalue weighted by Crippen LogP contribution is 2.37. The first kappa shape index (κ1) is 29.2. The van der Waals surface area contributed by atoms with Crippen molar-refractivity contribution in [3.63, 3.8) is 0 Å². The van der Waals surface area contributed by atoms with Gasteiger partial charge in [-0.3, -0.25) is 14.2 Å². The number of rotatable bonds is 16. The zero-order valence-electron chi connectivity index (χ0n) is 21.0. The summed E-state index contributed by atoms with van der Waals surface area (Å²) in [7, 11) is -3.58. The molecule has 0 amide bonds. The number of carbonyl (C=O) groups excluding carboxylic acids is 2. The summed E-state index contributed by atoms with van der Waals surface area (Å²) in [5, 5.41) is 8.52. The fourth-order valence-electron chi connectivity index (χ4n) is 3.15. The van der Waals surface area contributed by atoms with Crippen LogP contribution in [0.3, 0.4) is 0 Å². The van der Waals surface area contributed by atoms with E-state index in [1.165, 1.54) is 13.8 Å². The van der Waals surface area contributed by atoms with Gasteiger partial charge in [0.05, 0.1) is 26.1 Å². The van der Waals surface area contributed by atoms with E-state index in [0.29, 0.717) is 30.1 Å². The molecule has 2 aromatic heterocycles. The SMILES string of the molecule is C=CCNc1nc(N)nc2c1ncn2CCOCP(=O)(NC(C)C(=O)OCC)NC(C)C(=O)OCC. The topological polar surface area (TPSA) is 185 Å². The Hall–Kier alpha value is -3.06. The van der Waals surface area contributed by atoms with E-state index >= 15 is 0 Å². The van der Waals surface area contributed by atoms with Gasteiger partial charge in [0.15, 0.2) is 17.0 Å². The van der Waals surface area contributed by atoms with Gasteiger partial charge in [0.25, 0.3) is 0 Å². The monoisotopic (exact) mass is 526 g/mol. The highest BCUT2D eigenvalue weighted by molar-refractivity contribution is 7.59. The summed E-state index contributed by atoms with van der Waals surface area (Å²) in [6, 6.07) is -1.81. The number of anilines is 2. The number of hydrogen-bond donors (Lipinski definition) is 4. The number of hydrogen-bond acceptors (Lipinski definition) is 11. The Bertz CT molecular complexity index is 1060. The van der Waals surface area contributed by atoms with Crippen LogP contribution in [-0.2, 0) is 34.9 Å². The second-order valence-electron chi connectivity index (χ2n) is 7.69. The summed E-state index contributed by atoms with van der Waals surface area (Å²) in [5.41, 5.74) is 6.87. The zero-order valence-corrected chi connectivity index (χ0v) is 21.9. The van der Waals surface area contributed by atoms with E-state index in [-0.39, 0.29) is 32.1 Å². The second kappa shape index (κ2) is 13.9. The number of ether oxygens (including phenoxy) is 3. The van der Waals surface area contributed by atoms with E-state index in [1.54, 1.807) is 30.8 Å². The Labute approximate surface area is 209 Å². The third kappa shape index (κ3) is 8.26. The average Bonchev–Trinajstić information content (AvgIpc) is 3.23. The molecule has 0 aliphatic rings. The van der Waals surface area contributed by atoms with Crippen LogP contribution in [0.1, 0.15) is 27.7 Å². The Kier molecular flexibility index (Phi) is 11.2. The third-order valence-corrected chi connectivity index (χ3v) is 6.88. The molecule has 2 unspecified atom stereocenters. The van der Waals surface area contributed by atoms with Gasteiger partial charge in [0.2, 0.25) is 13.4 Å². The molecule has 14 nitrogen and oxygen atoms in total. The molecule has 2 rings (SSSR count). The van der Waals surface area contributed by atoms with E-state index in [4.69, 9.17) is 19.9 Å². The van der Waals surface area contributed by atoms with Crippen LogP contribution in [0, 0.1) is 0 Å². The van der Waals surface area contributed by atoms with Gasteiger partial charge in [-0.15, -0.1) is 6.58 Å². The number of carbonyl (C=O) groups is 2. The van der Waals surface area contributed by atoms with Gasteiger partial charge in [-0.1, -0.05) is 6.08 Å². The molecule has 0 aromatic carbocycles. The minimum atomic E-state index is -3.58. The lowest BCUT2D eigenvalue weighted by molar-refractivity contribution is -0.145. The zero-order chi connectivity index (χ0) is 26.7. The van der Waals surface area contributed by atoms with Crippen molar-refractivity contribution in [3.05, 3.63) is 19.0 Å². The Morgan fingerprint density at radius 3 is 2.33 bits per heavy atom. The fourth-order valence-corrected chi connectivity index (χ4v) is 5.22. The minimum absolute atomic E-state index is 0.0792. The molecule has 2 heterocycles. The summed E-state index contributed by atoms with van der Waals surface area (Å²) >= 11 is 0. The van der Waals surface area contributed by atoms with Crippen LogP contribution >= 0.6 is 7.44 Å².